The molecule has 5 heteroatoms. The first-order chi connectivity index (χ1) is 10.1. The predicted octanol–water partition coefficient (Wildman–Crippen LogP) is 1.89. The van der Waals surface area contributed by atoms with Crippen molar-refractivity contribution >= 4 is 5.91 Å². The zero-order chi connectivity index (χ0) is 15.2. The molecule has 2 rings (SSSR count). The Morgan fingerprint density at radius 2 is 2.10 bits per heavy atom. The number of hydrogen-bond acceptors (Lipinski definition) is 4. The number of rotatable bonds is 8. The molecular weight excluding hydrogens is 266 g/mol. The third-order valence-electron chi connectivity index (χ3n) is 3.67. The van der Waals surface area contributed by atoms with Crippen molar-refractivity contribution in [2.75, 3.05) is 19.7 Å². The number of pyridine rings is 1. The molecule has 21 heavy (non-hydrogen) atoms. The van der Waals surface area contributed by atoms with E-state index in [4.69, 9.17) is 4.74 Å². The summed E-state index contributed by atoms with van der Waals surface area (Å²) in [4.78, 5) is 18.3. The van der Waals surface area contributed by atoms with Gasteiger partial charge in [-0.25, -0.2) is 0 Å². The van der Waals surface area contributed by atoms with Crippen LogP contribution in [0.3, 0.4) is 0 Å². The molecule has 0 atom stereocenters. The molecule has 1 fully saturated rings. The minimum absolute atomic E-state index is 0.0154. The van der Waals surface area contributed by atoms with Gasteiger partial charge in [-0.05, 0) is 45.7 Å². The molecule has 0 bridgehead atoms. The van der Waals surface area contributed by atoms with E-state index >= 15 is 0 Å². The van der Waals surface area contributed by atoms with Crippen molar-refractivity contribution in [3.8, 4) is 5.75 Å². The highest BCUT2D eigenvalue weighted by Crippen LogP contribution is 2.22. The summed E-state index contributed by atoms with van der Waals surface area (Å²) in [6.45, 7) is 8.09. The standard InChI is InChI=1S/C16H25N3O2/c1-4-19(5-2)16(20)11-21-15-9-6-12(3)18-14(15)10-17-13-7-8-13/h6,9,13,17H,4-5,7-8,10-11H2,1-3H3. The third-order valence-corrected chi connectivity index (χ3v) is 3.67. The Bertz CT molecular complexity index is 482. The van der Waals surface area contributed by atoms with Crippen molar-refractivity contribution in [2.45, 2.75) is 46.2 Å². The molecule has 0 spiro atoms. The van der Waals surface area contributed by atoms with Gasteiger partial charge in [0.1, 0.15) is 5.75 Å². The van der Waals surface area contributed by atoms with E-state index in [1.165, 1.54) is 12.8 Å². The van der Waals surface area contributed by atoms with Gasteiger partial charge in [0.2, 0.25) is 0 Å². The Labute approximate surface area is 126 Å². The molecule has 0 radical (unpaired) electrons. The van der Waals surface area contributed by atoms with Gasteiger partial charge < -0.3 is 15.0 Å². The molecule has 5 nitrogen and oxygen atoms in total. The summed E-state index contributed by atoms with van der Waals surface area (Å²) in [5.74, 6) is 0.718. The normalized spacial score (nSPS) is 14.0. The highest BCUT2D eigenvalue weighted by atomic mass is 16.5. The molecule has 1 aromatic heterocycles. The van der Waals surface area contributed by atoms with E-state index in [9.17, 15) is 4.79 Å². The van der Waals surface area contributed by atoms with Gasteiger partial charge in [0, 0.05) is 31.4 Å². The molecule has 1 amide bonds. The molecule has 116 valence electrons. The van der Waals surface area contributed by atoms with Gasteiger partial charge in [0.05, 0.1) is 5.69 Å². The second-order valence-corrected chi connectivity index (χ2v) is 5.41. The summed E-state index contributed by atoms with van der Waals surface area (Å²) in [5.41, 5.74) is 1.85. The van der Waals surface area contributed by atoms with E-state index in [1.807, 2.05) is 32.9 Å². The maximum absolute atomic E-state index is 12.0. The van der Waals surface area contributed by atoms with Crippen molar-refractivity contribution in [1.82, 2.24) is 15.2 Å². The summed E-state index contributed by atoms with van der Waals surface area (Å²) in [6, 6.07) is 4.44. The summed E-state index contributed by atoms with van der Waals surface area (Å²) in [7, 11) is 0. The highest BCUT2D eigenvalue weighted by Gasteiger charge is 2.21. The van der Waals surface area contributed by atoms with Gasteiger partial charge in [-0.3, -0.25) is 9.78 Å². The Balaban J connectivity index is 1.95. The fourth-order valence-corrected chi connectivity index (χ4v) is 2.19. The molecule has 0 saturated heterocycles. The van der Waals surface area contributed by atoms with E-state index in [-0.39, 0.29) is 12.5 Å². The number of amides is 1. The van der Waals surface area contributed by atoms with Gasteiger partial charge in [0.25, 0.3) is 5.91 Å². The predicted molar refractivity (Wildman–Crippen MR) is 82.3 cm³/mol. The summed E-state index contributed by atoms with van der Waals surface area (Å²) < 4.78 is 5.70. The van der Waals surface area contributed by atoms with Crippen LogP contribution in [0.2, 0.25) is 0 Å². The van der Waals surface area contributed by atoms with E-state index in [1.54, 1.807) is 4.90 Å². The Morgan fingerprint density at radius 3 is 2.71 bits per heavy atom. The lowest BCUT2D eigenvalue weighted by Crippen LogP contribution is -2.34. The van der Waals surface area contributed by atoms with Gasteiger partial charge in [-0.1, -0.05) is 0 Å². The van der Waals surface area contributed by atoms with Gasteiger partial charge in [0.15, 0.2) is 6.61 Å². The second-order valence-electron chi connectivity index (χ2n) is 5.41. The number of likely N-dealkylation sites (N-methyl/N-ethyl adjacent to an activating group) is 1. The van der Waals surface area contributed by atoms with Crippen molar-refractivity contribution < 1.29 is 9.53 Å². The Morgan fingerprint density at radius 1 is 1.38 bits per heavy atom. The first-order valence-corrected chi connectivity index (χ1v) is 7.74. The van der Waals surface area contributed by atoms with Crippen LogP contribution in [0, 0.1) is 6.92 Å². The number of hydrogen-bond donors (Lipinski definition) is 1. The number of aryl methyl sites for hydroxylation is 1. The number of carbonyl (C=O) groups is 1. The lowest BCUT2D eigenvalue weighted by molar-refractivity contribution is -0.132. The van der Waals surface area contributed by atoms with Crippen LogP contribution in [-0.2, 0) is 11.3 Å². The Kier molecular flexibility index (Phi) is 5.56. The van der Waals surface area contributed by atoms with E-state index in [0.29, 0.717) is 31.4 Å². The van der Waals surface area contributed by atoms with Crippen LogP contribution in [-0.4, -0.2) is 41.5 Å². The van der Waals surface area contributed by atoms with Gasteiger partial charge in [-0.15, -0.1) is 0 Å². The fraction of sp³-hybridized carbons (Fsp3) is 0.625. The summed E-state index contributed by atoms with van der Waals surface area (Å²) in [5, 5.41) is 3.44. The van der Waals surface area contributed by atoms with Crippen LogP contribution in [0.4, 0.5) is 0 Å². The number of aromatic nitrogens is 1. The summed E-state index contributed by atoms with van der Waals surface area (Å²) in [6.07, 6.45) is 2.48. The quantitative estimate of drug-likeness (QED) is 0.794. The zero-order valence-electron chi connectivity index (χ0n) is 13.2. The first kappa shape index (κ1) is 15.8. The topological polar surface area (TPSA) is 54.5 Å². The smallest absolute Gasteiger partial charge is 0.260 e. The minimum atomic E-state index is 0.0154. The van der Waals surface area contributed by atoms with Crippen LogP contribution < -0.4 is 10.1 Å². The first-order valence-electron chi connectivity index (χ1n) is 7.74. The molecule has 1 saturated carbocycles. The lowest BCUT2D eigenvalue weighted by Gasteiger charge is -2.19. The van der Waals surface area contributed by atoms with Crippen LogP contribution >= 0.6 is 0 Å². The molecule has 0 aliphatic heterocycles. The van der Waals surface area contributed by atoms with Crippen molar-refractivity contribution in [3.63, 3.8) is 0 Å². The maximum atomic E-state index is 12.0. The second kappa shape index (κ2) is 7.41. The van der Waals surface area contributed by atoms with E-state index < -0.39 is 0 Å². The number of nitrogens with one attached hydrogen (secondary N) is 1. The average Bonchev–Trinajstić information content (AvgIpc) is 3.29. The molecule has 0 aromatic carbocycles. The number of carbonyl (C=O) groups excluding carboxylic acids is 1. The van der Waals surface area contributed by atoms with Gasteiger partial charge in [-0.2, -0.15) is 0 Å². The summed E-state index contributed by atoms with van der Waals surface area (Å²) >= 11 is 0. The molecule has 1 aliphatic carbocycles. The minimum Gasteiger partial charge on any atom is -0.482 e. The molecule has 1 N–H and O–H groups in total. The van der Waals surface area contributed by atoms with Crippen LogP contribution in [0.5, 0.6) is 5.75 Å². The highest BCUT2D eigenvalue weighted by molar-refractivity contribution is 5.77. The average molecular weight is 291 g/mol. The van der Waals surface area contributed by atoms with Crippen LogP contribution in [0.15, 0.2) is 12.1 Å². The molecule has 0 unspecified atom stereocenters. The molecule has 1 heterocycles. The van der Waals surface area contributed by atoms with E-state index in [2.05, 4.69) is 10.3 Å². The Hall–Kier alpha value is -1.62. The maximum Gasteiger partial charge on any atom is 0.260 e. The zero-order valence-corrected chi connectivity index (χ0v) is 13.2. The van der Waals surface area contributed by atoms with E-state index in [0.717, 1.165) is 11.4 Å². The molecular formula is C16H25N3O2. The van der Waals surface area contributed by atoms with Crippen molar-refractivity contribution in [2.24, 2.45) is 0 Å². The monoisotopic (exact) mass is 291 g/mol. The van der Waals surface area contributed by atoms with Crippen LogP contribution in [0.25, 0.3) is 0 Å². The largest absolute Gasteiger partial charge is 0.482 e. The molecule has 1 aromatic rings. The number of ether oxygens (including phenoxy) is 1. The SMILES string of the molecule is CCN(CC)C(=O)COc1ccc(C)nc1CNC1CC1. The fourth-order valence-electron chi connectivity index (χ4n) is 2.19. The van der Waals surface area contributed by atoms with Crippen LogP contribution in [0.1, 0.15) is 38.1 Å². The number of nitrogens with zero attached hydrogens (tertiary/aromatic N) is 2. The van der Waals surface area contributed by atoms with Crippen molar-refractivity contribution in [3.05, 3.63) is 23.5 Å². The third kappa shape index (κ3) is 4.70. The molecule has 1 aliphatic rings. The lowest BCUT2D eigenvalue weighted by atomic mass is 10.2. The van der Waals surface area contributed by atoms with Gasteiger partial charge >= 0.3 is 0 Å². The van der Waals surface area contributed by atoms with Crippen molar-refractivity contribution in [1.29, 1.82) is 0 Å².